The van der Waals surface area contributed by atoms with Gasteiger partial charge in [-0.25, -0.2) is 0 Å². The van der Waals surface area contributed by atoms with Crippen molar-refractivity contribution in [3.63, 3.8) is 0 Å². The number of benzene rings is 1. The predicted molar refractivity (Wildman–Crippen MR) is 72.3 cm³/mol. The summed E-state index contributed by atoms with van der Waals surface area (Å²) in [6.07, 6.45) is 1.72. The second-order valence-corrected chi connectivity index (χ2v) is 4.29. The molecule has 0 fully saturated rings. The number of hydrogen-bond acceptors (Lipinski definition) is 3. The average molecular weight is 276 g/mol. The molecule has 6 heteroatoms. The molecule has 2 aromatic heterocycles. The molecule has 2 heterocycles. The minimum atomic E-state index is -0.310. The maximum Gasteiger partial charge on any atom is 0.291 e. The molecule has 2 N–H and O–H groups in total. The number of rotatable bonds is 3. The van der Waals surface area contributed by atoms with Crippen LogP contribution in [0, 0.1) is 0 Å². The van der Waals surface area contributed by atoms with Gasteiger partial charge >= 0.3 is 0 Å². The summed E-state index contributed by atoms with van der Waals surface area (Å²) in [7, 11) is 0. The van der Waals surface area contributed by atoms with E-state index in [1.165, 1.54) is 0 Å². The molecule has 0 aliphatic carbocycles. The van der Waals surface area contributed by atoms with Crippen LogP contribution in [0.3, 0.4) is 0 Å². The van der Waals surface area contributed by atoms with Crippen LogP contribution in [-0.4, -0.2) is 16.1 Å². The molecule has 0 spiro atoms. The van der Waals surface area contributed by atoms with Gasteiger partial charge in [-0.15, -0.1) is 11.6 Å². The van der Waals surface area contributed by atoms with E-state index in [0.29, 0.717) is 11.4 Å². The van der Waals surface area contributed by atoms with Crippen molar-refractivity contribution in [3.8, 4) is 0 Å². The van der Waals surface area contributed by atoms with Gasteiger partial charge in [0, 0.05) is 11.1 Å². The fourth-order valence-electron chi connectivity index (χ4n) is 1.78. The number of carbonyl (C=O) groups excluding carboxylic acids is 1. The molecule has 1 amide bonds. The number of aromatic amines is 1. The summed E-state index contributed by atoms with van der Waals surface area (Å²) in [6.45, 7) is 0. The number of hydrogen-bond donors (Lipinski definition) is 2. The first-order valence-electron chi connectivity index (χ1n) is 5.65. The van der Waals surface area contributed by atoms with E-state index in [4.69, 9.17) is 16.0 Å². The zero-order chi connectivity index (χ0) is 13.2. The molecule has 0 saturated carbocycles. The molecule has 5 nitrogen and oxygen atoms in total. The summed E-state index contributed by atoms with van der Waals surface area (Å²) >= 11 is 5.62. The highest BCUT2D eigenvalue weighted by atomic mass is 35.5. The third-order valence-corrected chi connectivity index (χ3v) is 2.98. The van der Waals surface area contributed by atoms with Gasteiger partial charge in [0.2, 0.25) is 0 Å². The molecule has 0 bridgehead atoms. The SMILES string of the molecule is O=C(Nc1ccc2cn[nH]c2c1)c1ccc(CCl)o1. The molecule has 1 aromatic carbocycles. The molecule has 0 unspecified atom stereocenters. The Hall–Kier alpha value is -2.27. The zero-order valence-electron chi connectivity index (χ0n) is 9.81. The Kier molecular flexibility index (Phi) is 2.97. The third-order valence-electron chi connectivity index (χ3n) is 2.72. The van der Waals surface area contributed by atoms with Gasteiger partial charge in [0.1, 0.15) is 5.76 Å². The van der Waals surface area contributed by atoms with Crippen molar-refractivity contribution < 1.29 is 9.21 Å². The van der Waals surface area contributed by atoms with E-state index < -0.39 is 0 Å². The van der Waals surface area contributed by atoms with Gasteiger partial charge in [0.05, 0.1) is 17.6 Å². The Bertz CT molecular complexity index is 732. The quantitative estimate of drug-likeness (QED) is 0.721. The van der Waals surface area contributed by atoms with E-state index >= 15 is 0 Å². The summed E-state index contributed by atoms with van der Waals surface area (Å²) in [4.78, 5) is 11.9. The van der Waals surface area contributed by atoms with Gasteiger partial charge in [0.25, 0.3) is 5.91 Å². The van der Waals surface area contributed by atoms with Crippen molar-refractivity contribution >= 4 is 34.1 Å². The lowest BCUT2D eigenvalue weighted by molar-refractivity contribution is 0.0995. The van der Waals surface area contributed by atoms with Crippen LogP contribution in [0.1, 0.15) is 16.3 Å². The molecule has 96 valence electrons. The monoisotopic (exact) mass is 275 g/mol. The number of H-pyrrole nitrogens is 1. The minimum Gasteiger partial charge on any atom is -0.455 e. The van der Waals surface area contributed by atoms with Crippen LogP contribution < -0.4 is 5.32 Å². The maximum absolute atomic E-state index is 11.9. The van der Waals surface area contributed by atoms with Crippen molar-refractivity contribution in [1.82, 2.24) is 10.2 Å². The molecule has 0 radical (unpaired) electrons. The van der Waals surface area contributed by atoms with Gasteiger partial charge in [-0.05, 0) is 30.3 Å². The van der Waals surface area contributed by atoms with Crippen LogP contribution in [0.5, 0.6) is 0 Å². The second-order valence-electron chi connectivity index (χ2n) is 4.03. The summed E-state index contributed by atoms with van der Waals surface area (Å²) in [5, 5.41) is 10.5. The fourth-order valence-corrected chi connectivity index (χ4v) is 1.92. The molecule has 0 aliphatic heterocycles. The smallest absolute Gasteiger partial charge is 0.291 e. The van der Waals surface area contributed by atoms with Crippen LogP contribution in [0.4, 0.5) is 5.69 Å². The van der Waals surface area contributed by atoms with E-state index in [2.05, 4.69) is 15.5 Å². The van der Waals surface area contributed by atoms with E-state index in [1.54, 1.807) is 24.4 Å². The van der Waals surface area contributed by atoms with E-state index in [0.717, 1.165) is 10.9 Å². The number of aromatic nitrogens is 2. The summed E-state index contributed by atoms with van der Waals surface area (Å²) in [5.41, 5.74) is 1.53. The van der Waals surface area contributed by atoms with Crippen molar-refractivity contribution in [2.75, 3.05) is 5.32 Å². The number of carbonyl (C=O) groups is 1. The van der Waals surface area contributed by atoms with Crippen LogP contribution in [0.25, 0.3) is 10.9 Å². The molecule has 3 rings (SSSR count). The highest BCUT2D eigenvalue weighted by Gasteiger charge is 2.11. The van der Waals surface area contributed by atoms with Gasteiger partial charge in [-0.1, -0.05) is 0 Å². The molecule has 3 aromatic rings. The number of nitrogens with one attached hydrogen (secondary N) is 2. The van der Waals surface area contributed by atoms with Gasteiger partial charge in [-0.2, -0.15) is 5.10 Å². The largest absolute Gasteiger partial charge is 0.455 e. The van der Waals surface area contributed by atoms with Crippen LogP contribution in [0.15, 0.2) is 40.9 Å². The lowest BCUT2D eigenvalue weighted by Crippen LogP contribution is -2.10. The van der Waals surface area contributed by atoms with Crippen molar-refractivity contribution in [1.29, 1.82) is 0 Å². The van der Waals surface area contributed by atoms with Gasteiger partial charge in [-0.3, -0.25) is 9.89 Å². The number of amides is 1. The minimum absolute atomic E-state index is 0.236. The van der Waals surface area contributed by atoms with E-state index in [1.807, 2.05) is 12.1 Å². The summed E-state index contributed by atoms with van der Waals surface area (Å²) < 4.78 is 5.28. The normalized spacial score (nSPS) is 10.8. The molecule has 0 atom stereocenters. The van der Waals surface area contributed by atoms with Crippen molar-refractivity contribution in [2.45, 2.75) is 5.88 Å². The summed E-state index contributed by atoms with van der Waals surface area (Å²) in [6, 6.07) is 8.77. The number of nitrogens with zero attached hydrogens (tertiary/aromatic N) is 1. The summed E-state index contributed by atoms with van der Waals surface area (Å²) in [5.74, 6) is 0.735. The number of furan rings is 1. The number of anilines is 1. The maximum atomic E-state index is 11.9. The Morgan fingerprint density at radius 3 is 3.05 bits per heavy atom. The Morgan fingerprint density at radius 2 is 2.26 bits per heavy atom. The molecular formula is C13H10ClN3O2. The lowest BCUT2D eigenvalue weighted by Gasteiger charge is -2.02. The fraction of sp³-hybridized carbons (Fsp3) is 0.0769. The topological polar surface area (TPSA) is 70.9 Å². The Morgan fingerprint density at radius 1 is 1.37 bits per heavy atom. The Balaban J connectivity index is 1.81. The highest BCUT2D eigenvalue weighted by molar-refractivity contribution is 6.16. The number of fused-ring (bicyclic) bond motifs is 1. The first-order chi connectivity index (χ1) is 9.26. The van der Waals surface area contributed by atoms with Crippen molar-refractivity contribution in [3.05, 3.63) is 48.0 Å². The van der Waals surface area contributed by atoms with Gasteiger partial charge in [0.15, 0.2) is 5.76 Å². The predicted octanol–water partition coefficient (Wildman–Crippen LogP) is 3.15. The van der Waals surface area contributed by atoms with E-state index in [-0.39, 0.29) is 17.5 Å². The Labute approximate surface area is 113 Å². The molecule has 0 aliphatic rings. The molecule has 0 saturated heterocycles. The zero-order valence-corrected chi connectivity index (χ0v) is 10.6. The van der Waals surface area contributed by atoms with Crippen LogP contribution >= 0.6 is 11.6 Å². The van der Waals surface area contributed by atoms with Crippen LogP contribution in [0.2, 0.25) is 0 Å². The van der Waals surface area contributed by atoms with Crippen molar-refractivity contribution in [2.24, 2.45) is 0 Å². The average Bonchev–Trinajstić information content (AvgIpc) is 3.06. The van der Waals surface area contributed by atoms with E-state index in [9.17, 15) is 4.79 Å². The number of alkyl halides is 1. The first kappa shape index (κ1) is 11.8. The highest BCUT2D eigenvalue weighted by Crippen LogP contribution is 2.18. The van der Waals surface area contributed by atoms with Gasteiger partial charge < -0.3 is 9.73 Å². The second kappa shape index (κ2) is 4.78. The molecular weight excluding hydrogens is 266 g/mol. The first-order valence-corrected chi connectivity index (χ1v) is 6.19. The standard InChI is InChI=1S/C13H10ClN3O2/c14-6-10-3-4-12(19-10)13(18)16-9-2-1-8-7-15-17-11(8)5-9/h1-5,7H,6H2,(H,15,17)(H,16,18). The third kappa shape index (κ3) is 2.32. The number of halogens is 1. The van der Waals surface area contributed by atoms with Crippen LogP contribution in [-0.2, 0) is 5.88 Å². The molecule has 19 heavy (non-hydrogen) atoms. The lowest BCUT2D eigenvalue weighted by atomic mass is 10.2.